The molecule has 61 heavy (non-hydrogen) atoms. The Bertz CT molecular complexity index is 2220. The van der Waals surface area contributed by atoms with Crippen molar-refractivity contribution < 1.29 is 42.6 Å². The molecular formula is C41H47ClF2N10O7. The second-order valence-electron chi connectivity index (χ2n) is 16.6. The number of carboxylic acid groups (broad SMARTS) is 1. The van der Waals surface area contributed by atoms with E-state index in [9.17, 15) is 37.9 Å². The molecule has 7 heterocycles. The van der Waals surface area contributed by atoms with Crippen molar-refractivity contribution in [1.82, 2.24) is 34.8 Å². The van der Waals surface area contributed by atoms with Gasteiger partial charge in [0.25, 0.3) is 12.3 Å². The summed E-state index contributed by atoms with van der Waals surface area (Å²) in [4.78, 5) is 74.1. The summed E-state index contributed by atoms with van der Waals surface area (Å²) in [7, 11) is 0. The normalized spacial score (nSPS) is 23.8. The number of ether oxygens (including phenoxy) is 1. The average molecular weight is 865 g/mol. The highest BCUT2D eigenvalue weighted by Gasteiger charge is 2.46. The standard InChI is InChI=1S/C41H47ClF2N10O7/c42-30-3-2-24(19-31(30)50-15-9-35(56)46-41(50)60)39(57)49-13-6-28(7-14-49)61-17-1-10-48-11-4-26(5-12-48)52-23-32(36(47-52)37(43)44)54-22-29(40(58)59)38-45-34(8-16-53(38)54)51-21-25-18-27(51)20-33(25)55/h2-3,8,16,19,23,25-28,37H,1,4-7,9-15,17-18,20-22H2,(H,58,59)(H,46,56,60)/t25-,27-/m1/s1. The van der Waals surface area contributed by atoms with Crippen LogP contribution in [0.4, 0.5) is 25.0 Å². The van der Waals surface area contributed by atoms with Gasteiger partial charge in [0.05, 0.1) is 35.6 Å². The highest BCUT2D eigenvalue weighted by molar-refractivity contribution is 6.34. The van der Waals surface area contributed by atoms with E-state index in [1.165, 1.54) is 14.9 Å². The summed E-state index contributed by atoms with van der Waals surface area (Å²) in [6.07, 6.45) is 7.11. The molecule has 324 valence electrons. The Morgan fingerprint density at radius 2 is 1.80 bits per heavy atom. The maximum atomic E-state index is 14.5. The van der Waals surface area contributed by atoms with Crippen LogP contribution in [0.25, 0.3) is 0 Å². The van der Waals surface area contributed by atoms with Crippen molar-refractivity contribution >= 4 is 58.4 Å². The van der Waals surface area contributed by atoms with E-state index in [1.54, 1.807) is 46.3 Å². The molecule has 4 saturated heterocycles. The largest absolute Gasteiger partial charge is 0.478 e. The number of rotatable bonds is 11. The lowest BCUT2D eigenvalue weighted by atomic mass is 10.0. The van der Waals surface area contributed by atoms with Crippen LogP contribution in [-0.2, 0) is 19.1 Å². The molecule has 7 aliphatic rings. The molecule has 1 saturated carbocycles. The molecular weight excluding hydrogens is 818 g/mol. The molecule has 20 heteroatoms. The van der Waals surface area contributed by atoms with Gasteiger partial charge in [0.15, 0.2) is 11.5 Å². The number of hydrazine groups is 1. The number of halogens is 3. The first-order valence-electron chi connectivity index (χ1n) is 20.9. The van der Waals surface area contributed by atoms with Crippen LogP contribution in [0.5, 0.6) is 0 Å². The van der Waals surface area contributed by atoms with E-state index in [0.717, 1.165) is 32.5 Å². The van der Waals surface area contributed by atoms with Gasteiger partial charge in [-0.3, -0.25) is 34.3 Å². The SMILES string of the molecule is O=C1CCN(c2cc(C(=O)N3CCC(OCCCN4CCC(n5cc(N6CC(C(=O)O)=C7N=C(N8C[C@H]9C[C@@H]8CC9=O)C=CN76)c(C(F)F)n5)CC4)CC3)ccc2Cl)C(=O)N1. The summed E-state index contributed by atoms with van der Waals surface area (Å²) in [6.45, 7) is 4.52. The van der Waals surface area contributed by atoms with Crippen LogP contribution >= 0.6 is 11.6 Å². The van der Waals surface area contributed by atoms with Gasteiger partial charge in [-0.15, -0.1) is 0 Å². The summed E-state index contributed by atoms with van der Waals surface area (Å²) in [5, 5.41) is 20.1. The number of hydrogen-bond acceptors (Lipinski definition) is 12. The first kappa shape index (κ1) is 41.0. The second kappa shape index (κ2) is 16.8. The summed E-state index contributed by atoms with van der Waals surface area (Å²) in [5.41, 5.74) is 0.505. The molecule has 2 N–H and O–H groups in total. The van der Waals surface area contributed by atoms with Crippen LogP contribution in [0.2, 0.25) is 5.02 Å². The van der Waals surface area contributed by atoms with Crippen molar-refractivity contribution in [3.63, 3.8) is 0 Å². The Labute approximate surface area is 355 Å². The molecule has 2 atom stereocenters. The summed E-state index contributed by atoms with van der Waals surface area (Å²) < 4.78 is 36.9. The maximum absolute atomic E-state index is 14.5. The van der Waals surface area contributed by atoms with Crippen LogP contribution in [0.3, 0.4) is 0 Å². The number of carbonyl (C=O) groups is 5. The van der Waals surface area contributed by atoms with Crippen LogP contribution in [-0.4, -0.2) is 141 Å². The lowest BCUT2D eigenvalue weighted by molar-refractivity contribution is -0.132. The van der Waals surface area contributed by atoms with Gasteiger partial charge in [0, 0.05) is 89.0 Å². The molecule has 2 bridgehead atoms. The Balaban J connectivity index is 0.736. The summed E-state index contributed by atoms with van der Waals surface area (Å²) in [5.74, 6) is -0.747. The molecule has 4 amide bonds. The van der Waals surface area contributed by atoms with Gasteiger partial charge in [-0.1, -0.05) is 11.6 Å². The molecule has 5 fully saturated rings. The number of aliphatic carboxylic acids is 1. The van der Waals surface area contributed by atoms with Crippen molar-refractivity contribution in [1.29, 1.82) is 0 Å². The first-order valence-corrected chi connectivity index (χ1v) is 21.3. The van der Waals surface area contributed by atoms with E-state index in [1.807, 2.05) is 4.90 Å². The van der Waals surface area contributed by atoms with Crippen molar-refractivity contribution in [3.05, 3.63) is 64.3 Å². The van der Waals surface area contributed by atoms with Gasteiger partial charge < -0.3 is 24.5 Å². The Morgan fingerprint density at radius 1 is 1.02 bits per heavy atom. The quantitative estimate of drug-likeness (QED) is 0.309. The number of nitrogens with zero attached hydrogens (tertiary/aromatic N) is 9. The van der Waals surface area contributed by atoms with Gasteiger partial charge in [-0.2, -0.15) is 5.10 Å². The number of piperidine rings is 3. The number of alkyl halides is 2. The third kappa shape index (κ3) is 8.10. The molecule has 9 rings (SSSR count). The van der Waals surface area contributed by atoms with Gasteiger partial charge in [0.2, 0.25) is 5.91 Å². The fourth-order valence-electron chi connectivity index (χ4n) is 9.59. The molecule has 17 nitrogen and oxygen atoms in total. The Morgan fingerprint density at radius 3 is 2.49 bits per heavy atom. The van der Waals surface area contributed by atoms with Gasteiger partial charge in [0.1, 0.15) is 22.9 Å². The molecule has 0 spiro atoms. The molecule has 1 aromatic carbocycles. The van der Waals surface area contributed by atoms with Crippen molar-refractivity contribution in [2.45, 2.75) is 76.0 Å². The number of amidine groups is 1. The minimum atomic E-state index is -2.88. The van der Waals surface area contributed by atoms with E-state index in [4.69, 9.17) is 16.3 Å². The first-order chi connectivity index (χ1) is 29.4. The lowest BCUT2D eigenvalue weighted by Crippen LogP contribution is -2.49. The number of fused-ring (bicyclic) bond motifs is 3. The molecule has 0 radical (unpaired) electrons. The van der Waals surface area contributed by atoms with Crippen LogP contribution < -0.4 is 15.2 Å². The molecule has 2 aromatic rings. The highest BCUT2D eigenvalue weighted by Crippen LogP contribution is 2.41. The van der Waals surface area contributed by atoms with Crippen LogP contribution in [0.1, 0.15) is 79.9 Å². The number of aliphatic imine (C=N–C) groups is 1. The molecule has 0 unspecified atom stereocenters. The minimum absolute atomic E-state index is 0.00985. The predicted octanol–water partition coefficient (Wildman–Crippen LogP) is 4.19. The molecule has 1 aromatic heterocycles. The van der Waals surface area contributed by atoms with Crippen molar-refractivity contribution in [2.24, 2.45) is 10.9 Å². The zero-order chi connectivity index (χ0) is 42.5. The van der Waals surface area contributed by atoms with E-state index < -0.39 is 24.1 Å². The third-order valence-electron chi connectivity index (χ3n) is 12.9. The van der Waals surface area contributed by atoms with Crippen LogP contribution in [0, 0.1) is 5.92 Å². The topological polar surface area (TPSA) is 176 Å². The number of anilines is 2. The molecule has 6 aliphatic heterocycles. The number of benzene rings is 1. The fraction of sp³-hybridized carbons (Fsp3) is 0.537. The van der Waals surface area contributed by atoms with E-state index in [0.29, 0.717) is 80.5 Å². The molecule has 1 aliphatic carbocycles. The average Bonchev–Trinajstić information content (AvgIpc) is 4.05. The minimum Gasteiger partial charge on any atom is -0.478 e. The summed E-state index contributed by atoms with van der Waals surface area (Å²) in [6, 6.07) is 4.18. The van der Waals surface area contributed by atoms with Gasteiger partial charge in [-0.25, -0.2) is 28.4 Å². The Hall–Kier alpha value is -5.40. The predicted molar refractivity (Wildman–Crippen MR) is 217 cm³/mol. The van der Waals surface area contributed by atoms with E-state index in [2.05, 4.69) is 20.3 Å². The number of carbonyl (C=O) groups excluding carboxylic acids is 4. The number of nitrogens with one attached hydrogen (secondary N) is 1. The Kier molecular flexibility index (Phi) is 11.3. The van der Waals surface area contributed by atoms with Crippen molar-refractivity contribution in [2.75, 3.05) is 68.9 Å². The lowest BCUT2D eigenvalue weighted by Gasteiger charge is -2.34. The number of aromatic nitrogens is 2. The number of imide groups is 1. The zero-order valence-corrected chi connectivity index (χ0v) is 34.2. The van der Waals surface area contributed by atoms with Gasteiger partial charge >= 0.3 is 12.0 Å². The van der Waals surface area contributed by atoms with Gasteiger partial charge in [-0.05, 0) is 62.8 Å². The number of Topliss-reactive ketones (excluding diaryl/α,β-unsaturated/α-hetero) is 1. The zero-order valence-electron chi connectivity index (χ0n) is 33.4. The number of amides is 4. The van der Waals surface area contributed by atoms with Crippen molar-refractivity contribution in [3.8, 4) is 0 Å². The number of hydrogen-bond donors (Lipinski definition) is 2. The highest BCUT2D eigenvalue weighted by atomic mass is 35.5. The van der Waals surface area contributed by atoms with E-state index in [-0.39, 0.29) is 78.3 Å². The summed E-state index contributed by atoms with van der Waals surface area (Å²) >= 11 is 6.37. The second-order valence-corrected chi connectivity index (χ2v) is 17.0. The van der Waals surface area contributed by atoms with E-state index >= 15 is 0 Å². The number of urea groups is 1. The number of ketones is 1. The smallest absolute Gasteiger partial charge is 0.337 e. The maximum Gasteiger partial charge on any atom is 0.337 e. The monoisotopic (exact) mass is 864 g/mol. The fourth-order valence-corrected chi connectivity index (χ4v) is 9.81. The van der Waals surface area contributed by atoms with Crippen LogP contribution in [0.15, 0.2) is 53.1 Å². The third-order valence-corrected chi connectivity index (χ3v) is 13.2. The number of likely N-dealkylation sites (tertiary alicyclic amines) is 3. The number of carboxylic acids is 1.